The van der Waals surface area contributed by atoms with Gasteiger partial charge in [0.2, 0.25) is 0 Å². The molecule has 0 spiro atoms. The summed E-state index contributed by atoms with van der Waals surface area (Å²) in [5.41, 5.74) is 0.616. The van der Waals surface area contributed by atoms with Crippen LogP contribution in [-0.4, -0.2) is 46.7 Å². The first-order valence-corrected chi connectivity index (χ1v) is 10.5. The summed E-state index contributed by atoms with van der Waals surface area (Å²) in [4.78, 5) is 17.5. The highest BCUT2D eigenvalue weighted by molar-refractivity contribution is 7.89. The minimum Gasteiger partial charge on any atom is -0.497 e. The zero-order chi connectivity index (χ0) is 21.4. The van der Waals surface area contributed by atoms with Gasteiger partial charge in [0, 0.05) is 18.7 Å². The molecular weight excluding hydrogens is 396 g/mol. The van der Waals surface area contributed by atoms with Crippen molar-refractivity contribution in [2.24, 2.45) is 0 Å². The van der Waals surface area contributed by atoms with Crippen LogP contribution in [-0.2, 0) is 14.9 Å². The van der Waals surface area contributed by atoms with E-state index in [0.29, 0.717) is 23.8 Å². The number of ether oxygens (including phenoxy) is 2. The lowest BCUT2D eigenvalue weighted by Crippen LogP contribution is -2.26. The molecule has 9 heteroatoms. The number of anilines is 1. The van der Waals surface area contributed by atoms with Gasteiger partial charge in [-0.15, -0.1) is 0 Å². The maximum atomic E-state index is 12.8. The summed E-state index contributed by atoms with van der Waals surface area (Å²) in [6.07, 6.45) is 1.86. The fraction of sp³-hybridized carbons (Fsp3) is 0.350. The Kier molecular flexibility index (Phi) is 8.00. The second-order valence-electron chi connectivity index (χ2n) is 6.14. The van der Waals surface area contributed by atoms with Crippen LogP contribution in [0.5, 0.6) is 11.5 Å². The van der Waals surface area contributed by atoms with Crippen molar-refractivity contribution in [3.8, 4) is 11.5 Å². The lowest BCUT2D eigenvalue weighted by molar-refractivity contribution is -0.0258. The summed E-state index contributed by atoms with van der Waals surface area (Å²) < 4.78 is 36.5. The quantitative estimate of drug-likeness (QED) is 0.466. The minimum atomic E-state index is -3.87. The van der Waals surface area contributed by atoms with Crippen molar-refractivity contribution in [3.63, 3.8) is 0 Å². The monoisotopic (exact) mass is 422 g/mol. The van der Waals surface area contributed by atoms with E-state index >= 15 is 0 Å². The van der Waals surface area contributed by atoms with E-state index in [-0.39, 0.29) is 10.5 Å². The molecule has 0 bridgehead atoms. The van der Waals surface area contributed by atoms with Gasteiger partial charge in [0.1, 0.15) is 11.5 Å². The molecule has 0 aliphatic carbocycles. The molecule has 0 unspecified atom stereocenters. The first kappa shape index (κ1) is 22.7. The molecule has 1 N–H and O–H groups in total. The van der Waals surface area contributed by atoms with E-state index in [9.17, 15) is 13.2 Å². The predicted octanol–water partition coefficient (Wildman–Crippen LogP) is 3.31. The van der Waals surface area contributed by atoms with Crippen LogP contribution in [0.15, 0.2) is 47.4 Å². The summed E-state index contributed by atoms with van der Waals surface area (Å²) in [5, 5.41) is 2.77. The largest absolute Gasteiger partial charge is 0.497 e. The SMILES string of the molecule is CCCCOc1ccc(OC)cc1NC(=O)c1cccc(S(=O)(=O)N(C)OC)c1. The van der Waals surface area contributed by atoms with E-state index in [4.69, 9.17) is 14.3 Å². The van der Waals surface area contributed by atoms with E-state index in [1.165, 1.54) is 45.5 Å². The number of nitrogens with one attached hydrogen (secondary N) is 1. The fourth-order valence-corrected chi connectivity index (χ4v) is 3.44. The van der Waals surface area contributed by atoms with Gasteiger partial charge in [-0.25, -0.2) is 8.42 Å². The van der Waals surface area contributed by atoms with Gasteiger partial charge >= 0.3 is 0 Å². The summed E-state index contributed by atoms with van der Waals surface area (Å²) in [6, 6.07) is 10.8. The molecule has 2 aromatic carbocycles. The van der Waals surface area contributed by atoms with Gasteiger partial charge in [-0.05, 0) is 36.8 Å². The fourth-order valence-electron chi connectivity index (χ4n) is 2.42. The Hall–Kier alpha value is -2.62. The summed E-state index contributed by atoms with van der Waals surface area (Å²) >= 11 is 0. The van der Waals surface area contributed by atoms with Crippen LogP contribution in [0.2, 0.25) is 0 Å². The number of hydrogen-bond acceptors (Lipinski definition) is 6. The summed E-state index contributed by atoms with van der Waals surface area (Å²) in [6.45, 7) is 2.57. The van der Waals surface area contributed by atoms with Gasteiger partial charge in [0.15, 0.2) is 0 Å². The predicted molar refractivity (Wildman–Crippen MR) is 110 cm³/mol. The highest BCUT2D eigenvalue weighted by Crippen LogP contribution is 2.30. The average Bonchev–Trinajstić information content (AvgIpc) is 2.74. The molecule has 0 saturated heterocycles. The van der Waals surface area contributed by atoms with Gasteiger partial charge in [-0.2, -0.15) is 0 Å². The van der Waals surface area contributed by atoms with Crippen LogP contribution in [0.4, 0.5) is 5.69 Å². The Labute approximate surface area is 171 Å². The van der Waals surface area contributed by atoms with E-state index < -0.39 is 15.9 Å². The Morgan fingerprint density at radius 1 is 1.14 bits per heavy atom. The highest BCUT2D eigenvalue weighted by atomic mass is 32.2. The molecule has 0 atom stereocenters. The topological polar surface area (TPSA) is 94.2 Å². The number of rotatable bonds is 10. The lowest BCUT2D eigenvalue weighted by atomic mass is 10.2. The van der Waals surface area contributed by atoms with Crippen molar-refractivity contribution >= 4 is 21.6 Å². The minimum absolute atomic E-state index is 0.0560. The van der Waals surface area contributed by atoms with Crippen molar-refractivity contribution in [2.75, 3.05) is 33.2 Å². The Morgan fingerprint density at radius 3 is 2.55 bits per heavy atom. The molecule has 0 aromatic heterocycles. The maximum absolute atomic E-state index is 12.8. The molecule has 0 fully saturated rings. The normalized spacial score (nSPS) is 11.3. The van der Waals surface area contributed by atoms with Crippen LogP contribution >= 0.6 is 0 Å². The number of carbonyl (C=O) groups is 1. The molecule has 29 heavy (non-hydrogen) atoms. The second kappa shape index (κ2) is 10.2. The van der Waals surface area contributed by atoms with Crippen LogP contribution in [0.3, 0.4) is 0 Å². The number of benzene rings is 2. The molecule has 0 saturated carbocycles. The maximum Gasteiger partial charge on any atom is 0.264 e. The molecule has 2 aromatic rings. The van der Waals surface area contributed by atoms with Crippen molar-refractivity contribution in [1.29, 1.82) is 0 Å². The third-order valence-corrected chi connectivity index (χ3v) is 5.86. The number of methoxy groups -OCH3 is 1. The molecule has 1 amide bonds. The average molecular weight is 423 g/mol. The van der Waals surface area contributed by atoms with Crippen LogP contribution < -0.4 is 14.8 Å². The van der Waals surface area contributed by atoms with Gasteiger partial charge < -0.3 is 14.8 Å². The van der Waals surface area contributed by atoms with Crippen molar-refractivity contribution in [3.05, 3.63) is 48.0 Å². The molecule has 0 heterocycles. The van der Waals surface area contributed by atoms with Gasteiger partial charge in [-0.1, -0.05) is 23.9 Å². The van der Waals surface area contributed by atoms with Crippen LogP contribution in [0.1, 0.15) is 30.1 Å². The van der Waals surface area contributed by atoms with Gasteiger partial charge in [0.25, 0.3) is 15.9 Å². The van der Waals surface area contributed by atoms with Crippen molar-refractivity contribution in [1.82, 2.24) is 4.47 Å². The highest BCUT2D eigenvalue weighted by Gasteiger charge is 2.22. The molecule has 0 aliphatic heterocycles. The number of carbonyl (C=O) groups excluding carboxylic acids is 1. The molecule has 158 valence electrons. The summed E-state index contributed by atoms with van der Waals surface area (Å²) in [7, 11) is 0.185. The van der Waals surface area contributed by atoms with E-state index in [2.05, 4.69) is 12.2 Å². The van der Waals surface area contributed by atoms with E-state index in [0.717, 1.165) is 17.3 Å². The van der Waals surface area contributed by atoms with Crippen molar-refractivity contribution < 1.29 is 27.5 Å². The number of hydrogen-bond donors (Lipinski definition) is 1. The molecule has 8 nitrogen and oxygen atoms in total. The van der Waals surface area contributed by atoms with E-state index in [1.54, 1.807) is 18.2 Å². The number of amides is 1. The third-order valence-electron chi connectivity index (χ3n) is 4.18. The van der Waals surface area contributed by atoms with Crippen molar-refractivity contribution in [2.45, 2.75) is 24.7 Å². The van der Waals surface area contributed by atoms with Gasteiger partial charge in [-0.3, -0.25) is 9.63 Å². The number of sulfonamides is 1. The standard InChI is InChI=1S/C20H26N2O6S/c1-5-6-12-28-19-11-10-16(26-3)14-18(19)21-20(23)15-8-7-9-17(13-15)29(24,25)22(2)27-4/h7-11,13-14H,5-6,12H2,1-4H3,(H,21,23). The number of unbranched alkanes of at least 4 members (excludes halogenated alkanes) is 1. The Morgan fingerprint density at radius 2 is 1.90 bits per heavy atom. The zero-order valence-corrected chi connectivity index (χ0v) is 17.8. The first-order chi connectivity index (χ1) is 13.8. The molecular formula is C20H26N2O6S. The van der Waals surface area contributed by atoms with Crippen LogP contribution in [0.25, 0.3) is 0 Å². The van der Waals surface area contributed by atoms with Gasteiger partial charge in [0.05, 0.1) is 31.4 Å². The summed E-state index contributed by atoms with van der Waals surface area (Å²) in [5.74, 6) is 0.590. The Balaban J connectivity index is 2.29. The Bertz CT molecular complexity index is 946. The molecule has 0 aliphatic rings. The second-order valence-corrected chi connectivity index (χ2v) is 8.08. The zero-order valence-electron chi connectivity index (χ0n) is 17.0. The lowest BCUT2D eigenvalue weighted by Gasteiger charge is -2.16. The first-order valence-electron chi connectivity index (χ1n) is 9.08. The number of hydroxylamine groups is 1. The number of nitrogens with zero attached hydrogens (tertiary/aromatic N) is 1. The van der Waals surface area contributed by atoms with Crippen LogP contribution in [0, 0.1) is 0 Å². The third kappa shape index (κ3) is 5.69. The molecule has 2 rings (SSSR count). The van der Waals surface area contributed by atoms with E-state index in [1.807, 2.05) is 0 Å². The smallest absolute Gasteiger partial charge is 0.264 e. The molecule has 0 radical (unpaired) electrons.